The molecule has 116 valence electrons. The summed E-state index contributed by atoms with van der Waals surface area (Å²) in [5.74, 6) is -0.686. The molecule has 0 saturated heterocycles. The summed E-state index contributed by atoms with van der Waals surface area (Å²) in [5.41, 5.74) is -0.626. The van der Waals surface area contributed by atoms with Gasteiger partial charge in [-0.3, -0.25) is 14.9 Å². The maximum absolute atomic E-state index is 13.2. The highest BCUT2D eigenvalue weighted by Crippen LogP contribution is 2.19. The van der Waals surface area contributed by atoms with E-state index in [1.807, 2.05) is 6.92 Å². The number of hydrogen-bond donors (Lipinski definition) is 1. The fourth-order valence-corrected chi connectivity index (χ4v) is 2.06. The first-order valence-corrected chi connectivity index (χ1v) is 7.06. The average Bonchev–Trinajstić information content (AvgIpc) is 2.37. The van der Waals surface area contributed by atoms with Crippen LogP contribution >= 0.6 is 0 Å². The van der Waals surface area contributed by atoms with Crippen molar-refractivity contribution in [3.63, 3.8) is 0 Å². The predicted octanol–water partition coefficient (Wildman–Crippen LogP) is 3.68. The third kappa shape index (κ3) is 5.49. The van der Waals surface area contributed by atoms with Crippen LogP contribution in [0.15, 0.2) is 18.2 Å². The van der Waals surface area contributed by atoms with Gasteiger partial charge < -0.3 is 5.32 Å². The quantitative estimate of drug-likeness (QED) is 0.616. The first-order chi connectivity index (χ1) is 9.81. The summed E-state index contributed by atoms with van der Waals surface area (Å²) in [7, 11) is 0. The Hall–Kier alpha value is -1.98. The molecule has 0 aromatic heterocycles. The Labute approximate surface area is 123 Å². The number of carbonyl (C=O) groups is 1. The molecule has 0 radical (unpaired) electrons. The zero-order chi connectivity index (χ0) is 16.0. The Kier molecular flexibility index (Phi) is 6.27. The summed E-state index contributed by atoms with van der Waals surface area (Å²) in [5, 5.41) is 13.6. The van der Waals surface area contributed by atoms with Crippen molar-refractivity contribution in [3.05, 3.63) is 39.7 Å². The predicted molar refractivity (Wildman–Crippen MR) is 78.7 cm³/mol. The SMILES string of the molecule is CC(C)CCCC(C)NC(=O)c1cc(F)ccc1[N+](=O)[O-]. The van der Waals surface area contributed by atoms with E-state index in [1.165, 1.54) is 0 Å². The summed E-state index contributed by atoms with van der Waals surface area (Å²) in [6.07, 6.45) is 2.80. The minimum absolute atomic E-state index is 0.112. The summed E-state index contributed by atoms with van der Waals surface area (Å²) in [4.78, 5) is 22.2. The van der Waals surface area contributed by atoms with Gasteiger partial charge in [-0.2, -0.15) is 0 Å². The molecule has 1 amide bonds. The minimum atomic E-state index is -0.683. The van der Waals surface area contributed by atoms with Crippen LogP contribution in [0.3, 0.4) is 0 Å². The van der Waals surface area contributed by atoms with Gasteiger partial charge in [0.1, 0.15) is 11.4 Å². The second-order valence-electron chi connectivity index (χ2n) is 5.62. The van der Waals surface area contributed by atoms with E-state index in [1.54, 1.807) is 0 Å². The molecule has 5 nitrogen and oxygen atoms in total. The lowest BCUT2D eigenvalue weighted by Gasteiger charge is -2.14. The minimum Gasteiger partial charge on any atom is -0.349 e. The topological polar surface area (TPSA) is 72.2 Å². The third-order valence-corrected chi connectivity index (χ3v) is 3.20. The standard InChI is InChI=1S/C15H21FN2O3/c1-10(2)5-4-6-11(3)17-15(19)13-9-12(16)7-8-14(13)18(20)21/h7-11H,4-6H2,1-3H3,(H,17,19). The van der Waals surface area contributed by atoms with Crippen LogP contribution in [0.4, 0.5) is 10.1 Å². The molecule has 6 heteroatoms. The van der Waals surface area contributed by atoms with E-state index < -0.39 is 16.6 Å². The highest BCUT2D eigenvalue weighted by molar-refractivity contribution is 5.98. The number of amides is 1. The number of halogens is 1. The number of nitro groups is 1. The Morgan fingerprint density at radius 2 is 2.00 bits per heavy atom. The van der Waals surface area contributed by atoms with Crippen LogP contribution in [0.25, 0.3) is 0 Å². The molecular formula is C15H21FN2O3. The summed E-state index contributed by atoms with van der Waals surface area (Å²) in [6, 6.07) is 2.77. The lowest BCUT2D eigenvalue weighted by molar-refractivity contribution is -0.385. The maximum atomic E-state index is 13.2. The van der Waals surface area contributed by atoms with Gasteiger partial charge in [0.25, 0.3) is 11.6 Å². The van der Waals surface area contributed by atoms with Gasteiger partial charge in [0.05, 0.1) is 4.92 Å². The van der Waals surface area contributed by atoms with E-state index >= 15 is 0 Å². The van der Waals surface area contributed by atoms with Gasteiger partial charge in [0, 0.05) is 12.1 Å². The molecule has 0 spiro atoms. The molecule has 0 bridgehead atoms. The van der Waals surface area contributed by atoms with Crippen molar-refractivity contribution < 1.29 is 14.1 Å². The Balaban J connectivity index is 2.71. The monoisotopic (exact) mass is 296 g/mol. The van der Waals surface area contributed by atoms with Crippen LogP contribution in [0.5, 0.6) is 0 Å². The fourth-order valence-electron chi connectivity index (χ4n) is 2.06. The van der Waals surface area contributed by atoms with Gasteiger partial charge in [0.2, 0.25) is 0 Å². The van der Waals surface area contributed by atoms with Crippen LogP contribution < -0.4 is 5.32 Å². The molecule has 1 N–H and O–H groups in total. The van der Waals surface area contributed by atoms with Crippen LogP contribution in [-0.2, 0) is 0 Å². The van der Waals surface area contributed by atoms with Crippen LogP contribution in [0, 0.1) is 21.8 Å². The Bertz CT molecular complexity index is 518. The molecule has 1 atom stereocenters. The molecule has 1 aromatic rings. The molecule has 0 fully saturated rings. The number of carbonyl (C=O) groups excluding carboxylic acids is 1. The van der Waals surface area contributed by atoms with Crippen molar-refractivity contribution in [1.82, 2.24) is 5.32 Å². The van der Waals surface area contributed by atoms with Gasteiger partial charge in [-0.25, -0.2) is 4.39 Å². The van der Waals surface area contributed by atoms with Crippen molar-refractivity contribution in [3.8, 4) is 0 Å². The smallest absolute Gasteiger partial charge is 0.282 e. The van der Waals surface area contributed by atoms with Crippen LogP contribution in [0.2, 0.25) is 0 Å². The molecule has 21 heavy (non-hydrogen) atoms. The summed E-state index contributed by atoms with van der Waals surface area (Å²) in [6.45, 7) is 6.09. The van der Waals surface area contributed by atoms with Crippen molar-refractivity contribution in [2.75, 3.05) is 0 Å². The van der Waals surface area contributed by atoms with E-state index in [-0.39, 0.29) is 17.3 Å². The zero-order valence-electron chi connectivity index (χ0n) is 12.6. The van der Waals surface area contributed by atoms with E-state index in [4.69, 9.17) is 0 Å². The van der Waals surface area contributed by atoms with Crippen LogP contribution in [0.1, 0.15) is 50.4 Å². The van der Waals surface area contributed by atoms with Crippen molar-refractivity contribution in [1.29, 1.82) is 0 Å². The second-order valence-corrected chi connectivity index (χ2v) is 5.62. The molecule has 0 heterocycles. The van der Waals surface area contributed by atoms with E-state index in [0.717, 1.165) is 37.5 Å². The largest absolute Gasteiger partial charge is 0.349 e. The molecule has 0 aliphatic carbocycles. The molecule has 0 aliphatic heterocycles. The summed E-state index contributed by atoms with van der Waals surface area (Å²) >= 11 is 0. The number of benzene rings is 1. The highest BCUT2D eigenvalue weighted by atomic mass is 19.1. The first-order valence-electron chi connectivity index (χ1n) is 7.06. The highest BCUT2D eigenvalue weighted by Gasteiger charge is 2.21. The van der Waals surface area contributed by atoms with Crippen molar-refractivity contribution >= 4 is 11.6 Å². The zero-order valence-corrected chi connectivity index (χ0v) is 12.6. The normalized spacial score (nSPS) is 12.2. The average molecular weight is 296 g/mol. The van der Waals surface area contributed by atoms with Gasteiger partial charge in [0.15, 0.2) is 0 Å². The van der Waals surface area contributed by atoms with E-state index in [2.05, 4.69) is 19.2 Å². The number of nitrogens with one attached hydrogen (secondary N) is 1. The number of nitrogens with zero attached hydrogens (tertiary/aromatic N) is 1. The lowest BCUT2D eigenvalue weighted by atomic mass is 10.0. The molecule has 0 saturated carbocycles. The number of hydrogen-bond acceptors (Lipinski definition) is 3. The third-order valence-electron chi connectivity index (χ3n) is 3.20. The Morgan fingerprint density at radius 3 is 2.57 bits per heavy atom. The van der Waals surface area contributed by atoms with Gasteiger partial charge in [-0.15, -0.1) is 0 Å². The van der Waals surface area contributed by atoms with E-state index in [9.17, 15) is 19.3 Å². The second kappa shape index (κ2) is 7.71. The van der Waals surface area contributed by atoms with Crippen molar-refractivity contribution in [2.24, 2.45) is 5.92 Å². The number of nitro benzene ring substituents is 1. The van der Waals surface area contributed by atoms with Gasteiger partial charge in [-0.1, -0.05) is 26.7 Å². The molecule has 1 rings (SSSR count). The molecule has 1 unspecified atom stereocenters. The fraction of sp³-hybridized carbons (Fsp3) is 0.533. The van der Waals surface area contributed by atoms with Crippen LogP contribution in [-0.4, -0.2) is 16.9 Å². The maximum Gasteiger partial charge on any atom is 0.282 e. The van der Waals surface area contributed by atoms with Gasteiger partial charge in [-0.05, 0) is 31.4 Å². The molecule has 1 aromatic carbocycles. The number of rotatable bonds is 7. The van der Waals surface area contributed by atoms with Crippen molar-refractivity contribution in [2.45, 2.75) is 46.1 Å². The molecular weight excluding hydrogens is 275 g/mol. The molecule has 0 aliphatic rings. The van der Waals surface area contributed by atoms with E-state index in [0.29, 0.717) is 5.92 Å². The summed E-state index contributed by atoms with van der Waals surface area (Å²) < 4.78 is 13.2. The van der Waals surface area contributed by atoms with Gasteiger partial charge >= 0.3 is 0 Å². The lowest BCUT2D eigenvalue weighted by Crippen LogP contribution is -2.33. The Morgan fingerprint density at radius 1 is 1.33 bits per heavy atom. The first kappa shape index (κ1) is 17.1.